The number of piperazine rings is 1. The van der Waals surface area contributed by atoms with Gasteiger partial charge in [-0.3, -0.25) is 14.4 Å². The Labute approximate surface area is 216 Å². The summed E-state index contributed by atoms with van der Waals surface area (Å²) in [5, 5.41) is 6.37. The first-order valence-corrected chi connectivity index (χ1v) is 14.1. The first-order chi connectivity index (χ1) is 16.9. The molecule has 2 unspecified atom stereocenters. The molecule has 11 heteroatoms. The van der Waals surface area contributed by atoms with E-state index in [0.717, 1.165) is 38.5 Å². The van der Waals surface area contributed by atoms with E-state index in [0.29, 0.717) is 54.6 Å². The number of aromatic nitrogens is 2. The molecule has 3 heterocycles. The van der Waals surface area contributed by atoms with Crippen LogP contribution in [0.2, 0.25) is 5.15 Å². The number of carbonyl (C=O) groups excluding carboxylic acids is 3. The average Bonchev–Trinajstić information content (AvgIpc) is 3.06. The van der Waals surface area contributed by atoms with E-state index in [1.807, 2.05) is 4.90 Å². The highest BCUT2D eigenvalue weighted by Gasteiger charge is 2.33. The van der Waals surface area contributed by atoms with Crippen LogP contribution >= 0.6 is 23.4 Å². The van der Waals surface area contributed by atoms with E-state index < -0.39 is 6.04 Å². The second-order valence-electron chi connectivity index (χ2n) is 9.69. The van der Waals surface area contributed by atoms with E-state index in [1.54, 1.807) is 6.07 Å². The number of hydrogen-bond acceptors (Lipinski definition) is 7. The van der Waals surface area contributed by atoms with Crippen molar-refractivity contribution >= 4 is 46.9 Å². The van der Waals surface area contributed by atoms with Gasteiger partial charge >= 0.3 is 0 Å². The number of nitrogens with zero attached hydrogens (tertiary/aromatic N) is 4. The summed E-state index contributed by atoms with van der Waals surface area (Å²) in [4.78, 5) is 50.6. The minimum Gasteiger partial charge on any atom is -0.354 e. The van der Waals surface area contributed by atoms with Gasteiger partial charge in [-0.2, -0.15) is 0 Å². The lowest BCUT2D eigenvalue weighted by atomic mass is 9.88. The molecule has 2 atom stereocenters. The molecule has 3 aliphatic rings. The molecule has 0 spiro atoms. The zero-order valence-electron chi connectivity index (χ0n) is 20.3. The molecular formula is C24H35ClN6O3S. The van der Waals surface area contributed by atoms with Crippen LogP contribution in [0.5, 0.6) is 0 Å². The van der Waals surface area contributed by atoms with Crippen LogP contribution in [0.4, 0.5) is 5.82 Å². The van der Waals surface area contributed by atoms with Crippen molar-refractivity contribution in [2.75, 3.05) is 36.8 Å². The highest BCUT2D eigenvalue weighted by Crippen LogP contribution is 2.28. The first-order valence-electron chi connectivity index (χ1n) is 12.7. The molecular weight excluding hydrogens is 488 g/mol. The molecule has 9 nitrogen and oxygen atoms in total. The minimum absolute atomic E-state index is 0.0829. The highest BCUT2D eigenvalue weighted by molar-refractivity contribution is 7.99. The number of halogens is 1. The molecule has 1 aromatic rings. The maximum absolute atomic E-state index is 13.0. The van der Waals surface area contributed by atoms with E-state index in [-0.39, 0.29) is 29.5 Å². The molecule has 192 valence electrons. The maximum Gasteiger partial charge on any atom is 0.242 e. The Bertz CT molecular complexity index is 929. The van der Waals surface area contributed by atoms with Crippen LogP contribution in [0.15, 0.2) is 11.2 Å². The van der Waals surface area contributed by atoms with Crippen molar-refractivity contribution in [2.45, 2.75) is 75.5 Å². The molecule has 3 fully saturated rings. The predicted molar refractivity (Wildman–Crippen MR) is 137 cm³/mol. The topological polar surface area (TPSA) is 108 Å². The van der Waals surface area contributed by atoms with Crippen molar-refractivity contribution < 1.29 is 14.4 Å². The molecule has 2 N–H and O–H groups in total. The molecule has 1 aromatic heterocycles. The molecule has 35 heavy (non-hydrogen) atoms. The van der Waals surface area contributed by atoms with Gasteiger partial charge in [0, 0.05) is 44.2 Å². The van der Waals surface area contributed by atoms with Gasteiger partial charge in [0.25, 0.3) is 0 Å². The van der Waals surface area contributed by atoms with E-state index in [4.69, 9.17) is 11.6 Å². The second kappa shape index (κ2) is 12.3. The third-order valence-electron chi connectivity index (χ3n) is 7.05. The standard InChI is InChI=1S/C24H35ClN6O3S/c1-16-14-30(11-12-31(16)23(34)17-7-3-2-4-8-17)20-13-19(25)28-24(29-20)35-15-21(32)27-18-9-5-6-10-26-22(18)33/h13,16-18H,2-12,14-15H2,1H3,(H,26,33)(H,27,32). The fraction of sp³-hybridized carbons (Fsp3) is 0.708. The van der Waals surface area contributed by atoms with E-state index in [2.05, 4.69) is 32.4 Å². The number of rotatable bonds is 6. The zero-order chi connectivity index (χ0) is 24.8. The van der Waals surface area contributed by atoms with Gasteiger partial charge in [0.15, 0.2) is 5.16 Å². The minimum atomic E-state index is -0.490. The third-order valence-corrected chi connectivity index (χ3v) is 8.09. The molecule has 1 aliphatic carbocycles. The number of nitrogens with one attached hydrogen (secondary N) is 2. The number of anilines is 1. The van der Waals surface area contributed by atoms with Crippen LogP contribution in [0.3, 0.4) is 0 Å². The maximum atomic E-state index is 13.0. The van der Waals surface area contributed by atoms with Crippen molar-refractivity contribution in [1.29, 1.82) is 0 Å². The molecule has 2 saturated heterocycles. The Morgan fingerprint density at radius 2 is 1.91 bits per heavy atom. The molecule has 1 saturated carbocycles. The number of carbonyl (C=O) groups is 3. The summed E-state index contributed by atoms with van der Waals surface area (Å²) in [6, 6.07) is 1.32. The monoisotopic (exact) mass is 522 g/mol. The van der Waals surface area contributed by atoms with Crippen molar-refractivity contribution in [1.82, 2.24) is 25.5 Å². The predicted octanol–water partition coefficient (Wildman–Crippen LogP) is 2.62. The largest absolute Gasteiger partial charge is 0.354 e. The average molecular weight is 523 g/mol. The van der Waals surface area contributed by atoms with E-state index in [9.17, 15) is 14.4 Å². The summed E-state index contributed by atoms with van der Waals surface area (Å²) in [6.07, 6.45) is 8.02. The molecule has 4 rings (SSSR count). The summed E-state index contributed by atoms with van der Waals surface area (Å²) < 4.78 is 0. The van der Waals surface area contributed by atoms with Gasteiger partial charge in [0.1, 0.15) is 17.0 Å². The summed E-state index contributed by atoms with van der Waals surface area (Å²) in [5.41, 5.74) is 0. The van der Waals surface area contributed by atoms with E-state index in [1.165, 1.54) is 18.2 Å². The Balaban J connectivity index is 1.32. The van der Waals surface area contributed by atoms with Crippen LogP contribution in [0.1, 0.15) is 58.3 Å². The van der Waals surface area contributed by atoms with Crippen LogP contribution in [-0.4, -0.2) is 76.6 Å². The fourth-order valence-electron chi connectivity index (χ4n) is 5.13. The third kappa shape index (κ3) is 7.00. The zero-order valence-corrected chi connectivity index (χ0v) is 21.9. The van der Waals surface area contributed by atoms with Crippen molar-refractivity contribution in [3.63, 3.8) is 0 Å². The lowest BCUT2D eigenvalue weighted by Crippen LogP contribution is -2.55. The highest BCUT2D eigenvalue weighted by atomic mass is 35.5. The second-order valence-corrected chi connectivity index (χ2v) is 11.0. The van der Waals surface area contributed by atoms with Crippen LogP contribution in [0.25, 0.3) is 0 Å². The molecule has 0 aromatic carbocycles. The summed E-state index contributed by atoms with van der Waals surface area (Å²) >= 11 is 7.48. The molecule has 3 amide bonds. The normalized spacial score (nSPS) is 24.0. The Morgan fingerprint density at radius 1 is 1.14 bits per heavy atom. The van der Waals surface area contributed by atoms with Gasteiger partial charge < -0.3 is 20.4 Å². The van der Waals surface area contributed by atoms with Gasteiger partial charge in [0.2, 0.25) is 17.7 Å². The lowest BCUT2D eigenvalue weighted by Gasteiger charge is -2.42. The molecule has 2 aliphatic heterocycles. The Morgan fingerprint density at radius 3 is 2.69 bits per heavy atom. The summed E-state index contributed by atoms with van der Waals surface area (Å²) in [6.45, 7) is 4.75. The quantitative estimate of drug-likeness (QED) is 0.336. The smallest absolute Gasteiger partial charge is 0.242 e. The molecule has 0 radical (unpaired) electrons. The van der Waals surface area contributed by atoms with E-state index >= 15 is 0 Å². The number of amides is 3. The van der Waals surface area contributed by atoms with Gasteiger partial charge in [-0.05, 0) is 39.0 Å². The SMILES string of the molecule is CC1CN(c2cc(Cl)nc(SCC(=O)NC3CCCCNC3=O)n2)CCN1C(=O)C1CCCCC1. The van der Waals surface area contributed by atoms with Gasteiger partial charge in [-0.1, -0.05) is 42.6 Å². The van der Waals surface area contributed by atoms with Crippen molar-refractivity contribution in [3.05, 3.63) is 11.2 Å². The van der Waals surface area contributed by atoms with Crippen molar-refractivity contribution in [3.8, 4) is 0 Å². The Hall–Kier alpha value is -2.07. The summed E-state index contributed by atoms with van der Waals surface area (Å²) in [5.74, 6) is 0.909. The lowest BCUT2D eigenvalue weighted by molar-refractivity contribution is -0.139. The number of hydrogen-bond donors (Lipinski definition) is 2. The summed E-state index contributed by atoms with van der Waals surface area (Å²) in [7, 11) is 0. The number of thioether (sulfide) groups is 1. The molecule has 0 bridgehead atoms. The fourth-order valence-corrected chi connectivity index (χ4v) is 6.02. The van der Waals surface area contributed by atoms with Crippen LogP contribution < -0.4 is 15.5 Å². The van der Waals surface area contributed by atoms with Gasteiger partial charge in [0.05, 0.1) is 5.75 Å². The first kappa shape index (κ1) is 26.0. The Kier molecular flexibility index (Phi) is 9.10. The van der Waals surface area contributed by atoms with Crippen LogP contribution in [-0.2, 0) is 14.4 Å². The van der Waals surface area contributed by atoms with Gasteiger partial charge in [-0.25, -0.2) is 9.97 Å². The van der Waals surface area contributed by atoms with Crippen molar-refractivity contribution in [2.24, 2.45) is 5.92 Å². The van der Waals surface area contributed by atoms with Gasteiger partial charge in [-0.15, -0.1) is 0 Å². The van der Waals surface area contributed by atoms with Crippen LogP contribution in [0, 0.1) is 5.92 Å².